The van der Waals surface area contributed by atoms with Crippen LogP contribution in [-0.4, -0.2) is 37.1 Å². The highest BCUT2D eigenvalue weighted by Crippen LogP contribution is 2.40. The lowest BCUT2D eigenvalue weighted by molar-refractivity contribution is -0.137. The van der Waals surface area contributed by atoms with Crippen molar-refractivity contribution in [2.24, 2.45) is 5.41 Å². The zero-order valence-corrected chi connectivity index (χ0v) is 12.9. The molecule has 0 radical (unpaired) electrons. The van der Waals surface area contributed by atoms with E-state index in [1.54, 1.807) is 4.90 Å². The van der Waals surface area contributed by atoms with Crippen molar-refractivity contribution in [2.75, 3.05) is 26.3 Å². The molecule has 2 fully saturated rings. The number of hydrogen-bond donors (Lipinski definition) is 0. The SMILES string of the molecule is O=C(c1cccc(C(F)(F)F)c1)N1CCC2(CCOCC2)CC1. The number of carbonyl (C=O) groups excluding carboxylic acids is 1. The van der Waals surface area contributed by atoms with Crippen molar-refractivity contribution in [2.45, 2.75) is 31.9 Å². The Morgan fingerprint density at radius 1 is 1.09 bits per heavy atom. The summed E-state index contributed by atoms with van der Waals surface area (Å²) in [5.41, 5.74) is -0.410. The number of likely N-dealkylation sites (tertiary alicyclic amines) is 1. The molecular formula is C17H20F3NO2. The first-order valence-electron chi connectivity index (χ1n) is 7.94. The number of nitrogens with zero attached hydrogens (tertiary/aromatic N) is 1. The quantitative estimate of drug-likeness (QED) is 0.786. The minimum absolute atomic E-state index is 0.114. The van der Waals surface area contributed by atoms with Crippen LogP contribution in [0, 0.1) is 5.41 Å². The van der Waals surface area contributed by atoms with Crippen molar-refractivity contribution in [3.8, 4) is 0 Å². The molecule has 0 unspecified atom stereocenters. The van der Waals surface area contributed by atoms with Crippen LogP contribution >= 0.6 is 0 Å². The third kappa shape index (κ3) is 3.52. The molecule has 0 aliphatic carbocycles. The third-order valence-electron chi connectivity index (χ3n) is 5.10. The van der Waals surface area contributed by atoms with E-state index in [-0.39, 0.29) is 16.9 Å². The van der Waals surface area contributed by atoms with Crippen LogP contribution in [0.3, 0.4) is 0 Å². The first-order valence-corrected chi connectivity index (χ1v) is 7.94. The van der Waals surface area contributed by atoms with Gasteiger partial charge in [0.25, 0.3) is 5.91 Å². The molecule has 0 N–H and O–H groups in total. The van der Waals surface area contributed by atoms with Gasteiger partial charge in [-0.15, -0.1) is 0 Å². The van der Waals surface area contributed by atoms with Crippen molar-refractivity contribution in [3.63, 3.8) is 0 Å². The Labute approximate surface area is 133 Å². The van der Waals surface area contributed by atoms with Gasteiger partial charge in [-0.25, -0.2) is 0 Å². The Morgan fingerprint density at radius 2 is 1.74 bits per heavy atom. The predicted molar refractivity (Wildman–Crippen MR) is 79.1 cm³/mol. The fourth-order valence-corrected chi connectivity index (χ4v) is 3.50. The van der Waals surface area contributed by atoms with Crippen LogP contribution in [0.25, 0.3) is 0 Å². The maximum Gasteiger partial charge on any atom is 0.416 e. The molecule has 0 bridgehead atoms. The standard InChI is InChI=1S/C17H20F3NO2/c18-17(19,20)14-3-1-2-13(12-14)15(22)21-8-4-16(5-9-21)6-10-23-11-7-16/h1-3,12H,4-11H2. The third-order valence-corrected chi connectivity index (χ3v) is 5.10. The van der Waals surface area contributed by atoms with Crippen molar-refractivity contribution < 1.29 is 22.7 Å². The van der Waals surface area contributed by atoms with Gasteiger partial charge in [-0.05, 0) is 49.3 Å². The van der Waals surface area contributed by atoms with E-state index in [1.165, 1.54) is 12.1 Å². The zero-order chi connectivity index (χ0) is 16.5. The monoisotopic (exact) mass is 327 g/mol. The number of amides is 1. The molecule has 0 saturated carbocycles. The van der Waals surface area contributed by atoms with E-state index in [2.05, 4.69) is 0 Å². The smallest absolute Gasteiger partial charge is 0.381 e. The van der Waals surface area contributed by atoms with Crippen molar-refractivity contribution in [1.29, 1.82) is 0 Å². The Balaban J connectivity index is 1.68. The summed E-state index contributed by atoms with van der Waals surface area (Å²) in [5, 5.41) is 0. The predicted octanol–water partition coefficient (Wildman–Crippen LogP) is 3.74. The molecule has 1 aromatic carbocycles. The Hall–Kier alpha value is -1.56. The van der Waals surface area contributed by atoms with E-state index in [1.807, 2.05) is 0 Å². The second-order valence-electron chi connectivity index (χ2n) is 6.48. The number of carbonyl (C=O) groups is 1. The molecule has 1 spiro atoms. The van der Waals surface area contributed by atoms with Gasteiger partial charge in [0.2, 0.25) is 0 Å². The second-order valence-corrected chi connectivity index (χ2v) is 6.48. The molecule has 3 nitrogen and oxygen atoms in total. The molecule has 1 aromatic rings. The molecule has 3 rings (SSSR count). The van der Waals surface area contributed by atoms with Crippen LogP contribution in [0.5, 0.6) is 0 Å². The number of benzene rings is 1. The molecule has 2 heterocycles. The normalized spacial score (nSPS) is 21.4. The summed E-state index contributed by atoms with van der Waals surface area (Å²) >= 11 is 0. The summed E-state index contributed by atoms with van der Waals surface area (Å²) in [6.45, 7) is 2.74. The number of piperidine rings is 1. The lowest BCUT2D eigenvalue weighted by Crippen LogP contribution is -2.45. The van der Waals surface area contributed by atoms with E-state index in [0.717, 1.165) is 51.0 Å². The zero-order valence-electron chi connectivity index (χ0n) is 12.9. The summed E-state index contributed by atoms with van der Waals surface area (Å²) in [6.07, 6.45) is -0.594. The molecule has 6 heteroatoms. The van der Waals surface area contributed by atoms with Gasteiger partial charge in [0.05, 0.1) is 5.56 Å². The van der Waals surface area contributed by atoms with Crippen LogP contribution in [0.4, 0.5) is 13.2 Å². The van der Waals surface area contributed by atoms with Gasteiger partial charge in [0.15, 0.2) is 0 Å². The molecule has 2 saturated heterocycles. The van der Waals surface area contributed by atoms with E-state index >= 15 is 0 Å². The van der Waals surface area contributed by atoms with E-state index in [4.69, 9.17) is 4.74 Å². The Morgan fingerprint density at radius 3 is 2.35 bits per heavy atom. The van der Waals surface area contributed by atoms with Crippen LogP contribution < -0.4 is 0 Å². The van der Waals surface area contributed by atoms with Crippen LogP contribution in [0.15, 0.2) is 24.3 Å². The van der Waals surface area contributed by atoms with E-state index in [9.17, 15) is 18.0 Å². The molecule has 0 aromatic heterocycles. The van der Waals surface area contributed by atoms with Gasteiger partial charge in [-0.3, -0.25) is 4.79 Å². The molecule has 2 aliphatic heterocycles. The number of alkyl halides is 3. The lowest BCUT2D eigenvalue weighted by atomic mass is 9.72. The van der Waals surface area contributed by atoms with E-state index in [0.29, 0.717) is 13.1 Å². The van der Waals surface area contributed by atoms with Gasteiger partial charge in [-0.2, -0.15) is 13.2 Å². The summed E-state index contributed by atoms with van der Waals surface area (Å²) in [5.74, 6) is -0.307. The minimum atomic E-state index is -4.43. The maximum atomic E-state index is 12.8. The van der Waals surface area contributed by atoms with Crippen molar-refractivity contribution in [3.05, 3.63) is 35.4 Å². The van der Waals surface area contributed by atoms with Crippen LogP contribution in [0.2, 0.25) is 0 Å². The summed E-state index contributed by atoms with van der Waals surface area (Å²) in [4.78, 5) is 14.2. The highest BCUT2D eigenvalue weighted by Gasteiger charge is 2.37. The van der Waals surface area contributed by atoms with Gasteiger partial charge in [-0.1, -0.05) is 6.07 Å². The Kier molecular flexibility index (Phi) is 4.36. The number of ether oxygens (including phenoxy) is 1. The van der Waals surface area contributed by atoms with Gasteiger partial charge in [0.1, 0.15) is 0 Å². The van der Waals surface area contributed by atoms with Crippen molar-refractivity contribution >= 4 is 5.91 Å². The largest absolute Gasteiger partial charge is 0.416 e. The molecule has 0 atom stereocenters. The van der Waals surface area contributed by atoms with Crippen LogP contribution in [0.1, 0.15) is 41.6 Å². The van der Waals surface area contributed by atoms with Gasteiger partial charge in [0, 0.05) is 31.9 Å². The first-order chi connectivity index (χ1) is 10.9. The summed E-state index contributed by atoms with van der Waals surface area (Å²) < 4.78 is 43.7. The van der Waals surface area contributed by atoms with Gasteiger partial charge >= 0.3 is 6.18 Å². The van der Waals surface area contributed by atoms with E-state index < -0.39 is 11.7 Å². The molecule has 1 amide bonds. The number of halogens is 3. The molecule has 23 heavy (non-hydrogen) atoms. The Bertz CT molecular complexity index is 569. The fraction of sp³-hybridized carbons (Fsp3) is 0.588. The first kappa shape index (κ1) is 16.3. The molecule has 2 aliphatic rings. The number of hydrogen-bond acceptors (Lipinski definition) is 2. The highest BCUT2D eigenvalue weighted by atomic mass is 19.4. The highest BCUT2D eigenvalue weighted by molar-refractivity contribution is 5.94. The lowest BCUT2D eigenvalue weighted by Gasteiger charge is -2.44. The average molecular weight is 327 g/mol. The molecular weight excluding hydrogens is 307 g/mol. The minimum Gasteiger partial charge on any atom is -0.381 e. The molecule has 126 valence electrons. The van der Waals surface area contributed by atoms with Gasteiger partial charge < -0.3 is 9.64 Å². The summed E-state index contributed by atoms with van der Waals surface area (Å²) in [6, 6.07) is 4.68. The van der Waals surface area contributed by atoms with Crippen LogP contribution in [-0.2, 0) is 10.9 Å². The fourth-order valence-electron chi connectivity index (χ4n) is 3.50. The average Bonchev–Trinajstić information content (AvgIpc) is 2.55. The topological polar surface area (TPSA) is 29.5 Å². The maximum absolute atomic E-state index is 12.8. The number of rotatable bonds is 1. The second kappa shape index (κ2) is 6.15. The van der Waals surface area contributed by atoms with Crippen molar-refractivity contribution in [1.82, 2.24) is 4.90 Å². The summed E-state index contributed by atoms with van der Waals surface area (Å²) in [7, 11) is 0.